The minimum absolute atomic E-state index is 0.223. The van der Waals surface area contributed by atoms with E-state index in [1.54, 1.807) is 12.4 Å². The monoisotopic (exact) mass is 337 g/mol. The van der Waals surface area contributed by atoms with E-state index in [0.717, 1.165) is 44.5 Å². The van der Waals surface area contributed by atoms with Crippen LogP contribution in [0.25, 0.3) is 0 Å². The summed E-state index contributed by atoms with van der Waals surface area (Å²) < 4.78 is 0. The number of hydrogen-bond donors (Lipinski definition) is 1. The molecule has 1 amide bonds. The number of primary amides is 1. The van der Waals surface area contributed by atoms with E-state index < -0.39 is 0 Å². The number of nitrogens with zero attached hydrogens (tertiary/aromatic N) is 2. The van der Waals surface area contributed by atoms with Crippen molar-refractivity contribution in [3.8, 4) is 0 Å². The maximum Gasteiger partial charge on any atom is 0.225 e. The number of amides is 1. The summed E-state index contributed by atoms with van der Waals surface area (Å²) in [6.45, 7) is 3.22. The third kappa shape index (κ3) is 5.13. The van der Waals surface area contributed by atoms with Gasteiger partial charge in [0.05, 0.1) is 5.92 Å². The lowest BCUT2D eigenvalue weighted by molar-refractivity contribution is -0.119. The van der Waals surface area contributed by atoms with E-state index in [2.05, 4.69) is 40.2 Å². The van der Waals surface area contributed by atoms with Crippen molar-refractivity contribution in [3.63, 3.8) is 0 Å². The van der Waals surface area contributed by atoms with Crippen molar-refractivity contribution in [2.45, 2.75) is 38.1 Å². The zero-order chi connectivity index (χ0) is 17.5. The molecular formula is C21H27N3O. The van der Waals surface area contributed by atoms with Gasteiger partial charge in [-0.1, -0.05) is 36.4 Å². The van der Waals surface area contributed by atoms with Gasteiger partial charge in [-0.25, -0.2) is 0 Å². The molecule has 0 spiro atoms. The van der Waals surface area contributed by atoms with Crippen LogP contribution in [0.3, 0.4) is 0 Å². The predicted molar refractivity (Wildman–Crippen MR) is 99.8 cm³/mol. The van der Waals surface area contributed by atoms with Gasteiger partial charge in [0.1, 0.15) is 0 Å². The minimum Gasteiger partial charge on any atom is -0.369 e. The van der Waals surface area contributed by atoms with Crippen molar-refractivity contribution >= 4 is 5.91 Å². The van der Waals surface area contributed by atoms with E-state index in [1.807, 2.05) is 12.1 Å². The van der Waals surface area contributed by atoms with Crippen LogP contribution in [0.4, 0.5) is 0 Å². The number of hydrogen-bond acceptors (Lipinski definition) is 3. The fourth-order valence-corrected chi connectivity index (χ4v) is 3.79. The molecule has 2 N–H and O–H groups in total. The van der Waals surface area contributed by atoms with Crippen LogP contribution >= 0.6 is 0 Å². The SMILES string of the molecule is NC(=O)C(CC1CCCN(Cc2ccccc2)CC1)c1cccnc1. The van der Waals surface area contributed by atoms with Crippen LogP contribution in [0.1, 0.15) is 42.7 Å². The number of pyridine rings is 1. The van der Waals surface area contributed by atoms with Crippen LogP contribution in [-0.4, -0.2) is 28.9 Å². The smallest absolute Gasteiger partial charge is 0.225 e. The molecule has 2 aromatic rings. The summed E-state index contributed by atoms with van der Waals surface area (Å²) in [6, 6.07) is 14.5. The molecule has 132 valence electrons. The van der Waals surface area contributed by atoms with Gasteiger partial charge in [0.2, 0.25) is 5.91 Å². The number of carbonyl (C=O) groups excluding carboxylic acids is 1. The topological polar surface area (TPSA) is 59.2 Å². The van der Waals surface area contributed by atoms with Crippen LogP contribution in [0.5, 0.6) is 0 Å². The number of rotatable bonds is 6. The molecule has 1 aromatic carbocycles. The first-order valence-electron chi connectivity index (χ1n) is 9.18. The number of aromatic nitrogens is 1. The highest BCUT2D eigenvalue weighted by atomic mass is 16.1. The van der Waals surface area contributed by atoms with Crippen molar-refractivity contribution in [1.82, 2.24) is 9.88 Å². The lowest BCUT2D eigenvalue weighted by atomic mass is 9.85. The van der Waals surface area contributed by atoms with Gasteiger partial charge >= 0.3 is 0 Å². The van der Waals surface area contributed by atoms with Crippen molar-refractivity contribution in [3.05, 3.63) is 66.0 Å². The highest BCUT2D eigenvalue weighted by Crippen LogP contribution is 2.30. The zero-order valence-electron chi connectivity index (χ0n) is 14.7. The van der Waals surface area contributed by atoms with Crippen molar-refractivity contribution in [2.75, 3.05) is 13.1 Å². The fourth-order valence-electron chi connectivity index (χ4n) is 3.79. The molecule has 3 rings (SSSR count). The molecule has 1 saturated heterocycles. The molecule has 25 heavy (non-hydrogen) atoms. The average Bonchev–Trinajstić information content (AvgIpc) is 2.86. The Labute approximate surface area is 150 Å². The average molecular weight is 337 g/mol. The Hall–Kier alpha value is -2.20. The maximum absolute atomic E-state index is 11.9. The lowest BCUT2D eigenvalue weighted by Gasteiger charge is -2.22. The molecule has 2 heterocycles. The number of nitrogens with two attached hydrogens (primary N) is 1. The third-order valence-corrected chi connectivity index (χ3v) is 5.19. The van der Waals surface area contributed by atoms with Gasteiger partial charge in [-0.3, -0.25) is 14.7 Å². The normalized spacial score (nSPS) is 19.9. The number of likely N-dealkylation sites (tertiary alicyclic amines) is 1. The molecule has 0 saturated carbocycles. The van der Waals surface area contributed by atoms with Gasteiger partial charge in [0.15, 0.2) is 0 Å². The van der Waals surface area contributed by atoms with Gasteiger partial charge in [0, 0.05) is 18.9 Å². The third-order valence-electron chi connectivity index (χ3n) is 5.19. The van der Waals surface area contributed by atoms with Crippen LogP contribution in [0, 0.1) is 5.92 Å². The van der Waals surface area contributed by atoms with Crippen LogP contribution in [0.15, 0.2) is 54.9 Å². The minimum atomic E-state index is -0.238. The summed E-state index contributed by atoms with van der Waals surface area (Å²) in [5.41, 5.74) is 7.99. The Morgan fingerprint density at radius 3 is 2.72 bits per heavy atom. The molecule has 2 unspecified atom stereocenters. The maximum atomic E-state index is 11.9. The molecule has 4 heteroatoms. The van der Waals surface area contributed by atoms with Gasteiger partial charge in [-0.05, 0) is 61.9 Å². The van der Waals surface area contributed by atoms with E-state index in [1.165, 1.54) is 12.0 Å². The van der Waals surface area contributed by atoms with Crippen molar-refractivity contribution < 1.29 is 4.79 Å². The Kier molecular flexibility index (Phi) is 6.18. The number of benzene rings is 1. The second kappa shape index (κ2) is 8.77. The summed E-state index contributed by atoms with van der Waals surface area (Å²) in [5.74, 6) is 0.0799. The lowest BCUT2D eigenvalue weighted by Crippen LogP contribution is -2.25. The Morgan fingerprint density at radius 2 is 2.00 bits per heavy atom. The van der Waals surface area contributed by atoms with Crippen LogP contribution in [-0.2, 0) is 11.3 Å². The van der Waals surface area contributed by atoms with Gasteiger partial charge in [-0.2, -0.15) is 0 Å². The molecule has 1 aliphatic heterocycles. The summed E-state index contributed by atoms with van der Waals surface area (Å²) in [4.78, 5) is 18.6. The summed E-state index contributed by atoms with van der Waals surface area (Å²) in [5, 5.41) is 0. The van der Waals surface area contributed by atoms with E-state index in [4.69, 9.17) is 5.73 Å². The second-order valence-corrected chi connectivity index (χ2v) is 7.04. The predicted octanol–water partition coefficient (Wildman–Crippen LogP) is 3.34. The molecule has 4 nitrogen and oxygen atoms in total. The zero-order valence-corrected chi connectivity index (χ0v) is 14.7. The molecule has 1 aliphatic rings. The number of carbonyl (C=O) groups is 1. The Morgan fingerprint density at radius 1 is 1.16 bits per heavy atom. The van der Waals surface area contributed by atoms with E-state index in [-0.39, 0.29) is 11.8 Å². The standard InChI is InChI=1S/C21H27N3O/c22-21(25)20(19-9-4-11-23-15-19)14-17-8-5-12-24(13-10-17)16-18-6-2-1-3-7-18/h1-4,6-7,9,11,15,17,20H,5,8,10,12-14,16H2,(H2,22,25). The van der Waals surface area contributed by atoms with E-state index >= 15 is 0 Å². The highest BCUT2D eigenvalue weighted by molar-refractivity contribution is 5.81. The fraction of sp³-hybridized carbons (Fsp3) is 0.429. The van der Waals surface area contributed by atoms with E-state index in [9.17, 15) is 4.79 Å². The molecule has 0 bridgehead atoms. The molecule has 1 fully saturated rings. The first-order valence-corrected chi connectivity index (χ1v) is 9.18. The van der Waals surface area contributed by atoms with Crippen LogP contribution < -0.4 is 5.73 Å². The summed E-state index contributed by atoms with van der Waals surface area (Å²) in [6.07, 6.45) is 7.80. The summed E-state index contributed by atoms with van der Waals surface area (Å²) in [7, 11) is 0. The largest absolute Gasteiger partial charge is 0.369 e. The van der Waals surface area contributed by atoms with Gasteiger partial charge < -0.3 is 5.73 Å². The molecular weight excluding hydrogens is 310 g/mol. The molecule has 1 aromatic heterocycles. The molecule has 0 aliphatic carbocycles. The Balaban J connectivity index is 1.58. The molecule has 0 radical (unpaired) electrons. The second-order valence-electron chi connectivity index (χ2n) is 7.04. The first-order chi connectivity index (χ1) is 12.2. The molecule has 2 atom stereocenters. The van der Waals surface area contributed by atoms with Gasteiger partial charge in [-0.15, -0.1) is 0 Å². The van der Waals surface area contributed by atoms with Gasteiger partial charge in [0.25, 0.3) is 0 Å². The van der Waals surface area contributed by atoms with Crippen molar-refractivity contribution in [1.29, 1.82) is 0 Å². The van der Waals surface area contributed by atoms with Crippen LogP contribution in [0.2, 0.25) is 0 Å². The quantitative estimate of drug-likeness (QED) is 0.879. The Bertz CT molecular complexity index is 659. The first kappa shape index (κ1) is 17.6. The summed E-state index contributed by atoms with van der Waals surface area (Å²) >= 11 is 0. The van der Waals surface area contributed by atoms with Crippen molar-refractivity contribution in [2.24, 2.45) is 11.7 Å². The highest BCUT2D eigenvalue weighted by Gasteiger charge is 2.25. The van der Waals surface area contributed by atoms with E-state index in [0.29, 0.717) is 5.92 Å².